The van der Waals surface area contributed by atoms with Crippen molar-refractivity contribution in [3.8, 4) is 0 Å². The first-order chi connectivity index (χ1) is 8.54. The highest BCUT2D eigenvalue weighted by Crippen LogP contribution is 2.18. The summed E-state index contributed by atoms with van der Waals surface area (Å²) in [4.78, 5) is 11.5. The van der Waals surface area contributed by atoms with E-state index in [-0.39, 0.29) is 18.6 Å². The number of hydrogen-bond acceptors (Lipinski definition) is 2. The van der Waals surface area contributed by atoms with Gasteiger partial charge in [0.15, 0.2) is 0 Å². The molecule has 1 aromatic rings. The van der Waals surface area contributed by atoms with Gasteiger partial charge in [0.2, 0.25) is 5.91 Å². The fourth-order valence-corrected chi connectivity index (χ4v) is 1.81. The molecule has 0 aliphatic heterocycles. The molecule has 0 spiro atoms. The first-order valence-electron chi connectivity index (χ1n) is 6.54. The average Bonchev–Trinajstić information content (AvgIpc) is 2.36. The Hall–Kier alpha value is -1.35. The molecule has 0 fully saturated rings. The zero-order valence-corrected chi connectivity index (χ0v) is 11.4. The summed E-state index contributed by atoms with van der Waals surface area (Å²) in [5.74, 6) is 0.512. The van der Waals surface area contributed by atoms with Gasteiger partial charge in [0.05, 0.1) is 6.04 Å². The van der Waals surface area contributed by atoms with Crippen LogP contribution in [0.2, 0.25) is 0 Å². The topological polar surface area (TPSA) is 49.3 Å². The number of hydrogen-bond donors (Lipinski definition) is 2. The highest BCUT2D eigenvalue weighted by molar-refractivity contribution is 5.76. The summed E-state index contributed by atoms with van der Waals surface area (Å²) >= 11 is 0. The van der Waals surface area contributed by atoms with Gasteiger partial charge in [-0.2, -0.15) is 0 Å². The summed E-state index contributed by atoms with van der Waals surface area (Å²) in [6.07, 6.45) is 0.899. The summed E-state index contributed by atoms with van der Waals surface area (Å²) < 4.78 is 0. The van der Waals surface area contributed by atoms with Gasteiger partial charge in [-0.05, 0) is 30.4 Å². The molecule has 0 aliphatic rings. The maximum Gasteiger partial charge on any atom is 0.220 e. The van der Waals surface area contributed by atoms with Crippen LogP contribution in [0.1, 0.15) is 56.7 Å². The molecule has 3 heteroatoms. The fraction of sp³-hybridized carbons (Fsp3) is 0.533. The lowest BCUT2D eigenvalue weighted by molar-refractivity contribution is -0.122. The number of aliphatic hydroxyl groups excluding tert-OH is 1. The van der Waals surface area contributed by atoms with Crippen molar-refractivity contribution < 1.29 is 9.90 Å². The Labute approximate surface area is 109 Å². The zero-order chi connectivity index (χ0) is 13.5. The van der Waals surface area contributed by atoms with E-state index >= 15 is 0 Å². The quantitative estimate of drug-likeness (QED) is 0.814. The van der Waals surface area contributed by atoms with Crippen LogP contribution in [-0.2, 0) is 4.79 Å². The van der Waals surface area contributed by atoms with Gasteiger partial charge in [0.1, 0.15) is 0 Å². The maximum absolute atomic E-state index is 11.5. The lowest BCUT2D eigenvalue weighted by Gasteiger charge is -2.15. The Kier molecular flexibility index (Phi) is 5.86. The average molecular weight is 249 g/mol. The molecule has 3 nitrogen and oxygen atoms in total. The molecule has 100 valence electrons. The third-order valence-corrected chi connectivity index (χ3v) is 3.04. The molecular formula is C15H23NO2. The van der Waals surface area contributed by atoms with Gasteiger partial charge < -0.3 is 10.4 Å². The van der Waals surface area contributed by atoms with Crippen molar-refractivity contribution in [1.29, 1.82) is 0 Å². The molecule has 1 rings (SSSR count). The van der Waals surface area contributed by atoms with E-state index in [2.05, 4.69) is 43.4 Å². The molecule has 1 unspecified atom stereocenters. The van der Waals surface area contributed by atoms with Gasteiger partial charge in [0, 0.05) is 13.0 Å². The third-order valence-electron chi connectivity index (χ3n) is 3.04. The fourth-order valence-electron chi connectivity index (χ4n) is 1.81. The van der Waals surface area contributed by atoms with Crippen LogP contribution in [0, 0.1) is 0 Å². The van der Waals surface area contributed by atoms with Gasteiger partial charge in [0.25, 0.3) is 0 Å². The first-order valence-corrected chi connectivity index (χ1v) is 6.54. The van der Waals surface area contributed by atoms with Gasteiger partial charge in [-0.25, -0.2) is 0 Å². The van der Waals surface area contributed by atoms with Crippen LogP contribution in [0.4, 0.5) is 0 Å². The lowest BCUT2D eigenvalue weighted by Crippen LogP contribution is -2.26. The Balaban J connectivity index is 2.56. The number of carbonyl (C=O) groups is 1. The van der Waals surface area contributed by atoms with E-state index in [1.165, 1.54) is 5.56 Å². The molecular weight excluding hydrogens is 226 g/mol. The monoisotopic (exact) mass is 249 g/mol. The van der Waals surface area contributed by atoms with E-state index < -0.39 is 0 Å². The number of rotatable bonds is 6. The lowest BCUT2D eigenvalue weighted by atomic mass is 9.99. The van der Waals surface area contributed by atoms with E-state index in [4.69, 9.17) is 5.11 Å². The van der Waals surface area contributed by atoms with E-state index in [1.807, 2.05) is 6.92 Å². The molecule has 0 aromatic heterocycles. The minimum atomic E-state index is -0.00974. The Bertz CT molecular complexity index is 371. The van der Waals surface area contributed by atoms with Gasteiger partial charge in [-0.1, -0.05) is 38.1 Å². The van der Waals surface area contributed by atoms with Crippen molar-refractivity contribution in [3.63, 3.8) is 0 Å². The standard InChI is InChI=1S/C15H23NO2/c1-11(2)13-6-8-14(9-7-13)12(3)16-15(18)5-4-10-17/h6-9,11-12,17H,4-5,10H2,1-3H3,(H,16,18). The number of benzene rings is 1. The number of aliphatic hydroxyl groups is 1. The number of nitrogens with one attached hydrogen (secondary N) is 1. The molecule has 0 aliphatic carbocycles. The predicted octanol–water partition coefficient (Wildman–Crippen LogP) is 2.76. The van der Waals surface area contributed by atoms with Crippen LogP contribution >= 0.6 is 0 Å². The second kappa shape index (κ2) is 7.17. The molecule has 18 heavy (non-hydrogen) atoms. The minimum Gasteiger partial charge on any atom is -0.396 e. The van der Waals surface area contributed by atoms with E-state index in [0.29, 0.717) is 18.8 Å². The number of carbonyl (C=O) groups excluding carboxylic acids is 1. The van der Waals surface area contributed by atoms with Crippen molar-refractivity contribution in [2.75, 3.05) is 6.61 Å². The summed E-state index contributed by atoms with van der Waals surface area (Å²) in [5.41, 5.74) is 2.41. The molecule has 0 radical (unpaired) electrons. The van der Waals surface area contributed by atoms with Crippen LogP contribution < -0.4 is 5.32 Å². The Morgan fingerprint density at radius 2 is 1.72 bits per heavy atom. The maximum atomic E-state index is 11.5. The van der Waals surface area contributed by atoms with E-state index in [1.54, 1.807) is 0 Å². The van der Waals surface area contributed by atoms with Crippen LogP contribution in [0.25, 0.3) is 0 Å². The molecule has 0 saturated carbocycles. The highest BCUT2D eigenvalue weighted by Gasteiger charge is 2.09. The van der Waals surface area contributed by atoms with E-state index in [9.17, 15) is 4.79 Å². The van der Waals surface area contributed by atoms with Crippen molar-refractivity contribution >= 4 is 5.91 Å². The van der Waals surface area contributed by atoms with Crippen LogP contribution in [-0.4, -0.2) is 17.6 Å². The van der Waals surface area contributed by atoms with Crippen LogP contribution in [0.3, 0.4) is 0 Å². The van der Waals surface area contributed by atoms with Gasteiger partial charge in [-0.15, -0.1) is 0 Å². The minimum absolute atomic E-state index is 0.00974. The number of amides is 1. The van der Waals surface area contributed by atoms with Crippen molar-refractivity contribution in [2.45, 2.75) is 45.6 Å². The predicted molar refractivity (Wildman–Crippen MR) is 73.4 cm³/mol. The van der Waals surface area contributed by atoms with Crippen molar-refractivity contribution in [3.05, 3.63) is 35.4 Å². The molecule has 1 atom stereocenters. The van der Waals surface area contributed by atoms with Crippen LogP contribution in [0.15, 0.2) is 24.3 Å². The molecule has 0 saturated heterocycles. The summed E-state index contributed by atoms with van der Waals surface area (Å²) in [6, 6.07) is 8.35. The van der Waals surface area contributed by atoms with E-state index in [0.717, 1.165) is 5.56 Å². The summed E-state index contributed by atoms with van der Waals surface area (Å²) in [6.45, 7) is 6.36. The normalized spacial score (nSPS) is 12.5. The first kappa shape index (κ1) is 14.7. The third kappa shape index (κ3) is 4.49. The molecule has 2 N–H and O–H groups in total. The highest BCUT2D eigenvalue weighted by atomic mass is 16.3. The van der Waals surface area contributed by atoms with Crippen molar-refractivity contribution in [1.82, 2.24) is 5.32 Å². The molecule has 0 bridgehead atoms. The zero-order valence-electron chi connectivity index (χ0n) is 11.4. The smallest absolute Gasteiger partial charge is 0.220 e. The Morgan fingerprint density at radius 1 is 1.17 bits per heavy atom. The molecule has 0 heterocycles. The SMILES string of the molecule is CC(C)c1ccc(C(C)NC(=O)CCCO)cc1. The van der Waals surface area contributed by atoms with Gasteiger partial charge in [-0.3, -0.25) is 4.79 Å². The molecule has 1 amide bonds. The van der Waals surface area contributed by atoms with Crippen molar-refractivity contribution in [2.24, 2.45) is 0 Å². The molecule has 1 aromatic carbocycles. The summed E-state index contributed by atoms with van der Waals surface area (Å²) in [7, 11) is 0. The van der Waals surface area contributed by atoms with Gasteiger partial charge >= 0.3 is 0 Å². The second-order valence-electron chi connectivity index (χ2n) is 4.94. The Morgan fingerprint density at radius 3 is 2.22 bits per heavy atom. The largest absolute Gasteiger partial charge is 0.396 e. The second-order valence-corrected chi connectivity index (χ2v) is 4.94. The summed E-state index contributed by atoms with van der Waals surface area (Å²) in [5, 5.41) is 11.6. The van der Waals surface area contributed by atoms with Crippen LogP contribution in [0.5, 0.6) is 0 Å².